The molecule has 0 atom stereocenters. The van der Waals surface area contributed by atoms with Crippen LogP contribution in [0.25, 0.3) is 0 Å². The lowest BCUT2D eigenvalue weighted by atomic mass is 10.1. The third kappa shape index (κ3) is 13.6. The van der Waals surface area contributed by atoms with E-state index in [1.807, 2.05) is 0 Å². The van der Waals surface area contributed by atoms with Gasteiger partial charge in [0.05, 0.1) is 0 Å². The number of hydrogen-bond acceptors (Lipinski definition) is 4. The van der Waals surface area contributed by atoms with E-state index in [0.29, 0.717) is 0 Å². The van der Waals surface area contributed by atoms with Crippen molar-refractivity contribution in [3.63, 3.8) is 0 Å². The number of unbranched alkanes of at least 4 members (excludes halogenated alkanes) is 2. The molecule has 0 unspecified atom stereocenters. The molecule has 4 nitrogen and oxygen atoms in total. The van der Waals surface area contributed by atoms with Crippen molar-refractivity contribution in [1.29, 1.82) is 0 Å². The van der Waals surface area contributed by atoms with Gasteiger partial charge in [0.25, 0.3) is 0 Å². The zero-order valence-electron chi connectivity index (χ0n) is 16.9. The zero-order chi connectivity index (χ0) is 18.0. The number of hydrogen-bond donors (Lipinski definition) is 0. The lowest BCUT2D eigenvalue weighted by Crippen LogP contribution is -2.23. The Balaban J connectivity index is 0.000000470. The summed E-state index contributed by atoms with van der Waals surface area (Å²) in [7, 11) is 0.971. The molecule has 0 bridgehead atoms. The predicted molar refractivity (Wildman–Crippen MR) is 107 cm³/mol. The second-order valence-electron chi connectivity index (χ2n) is 6.46. The molecule has 0 saturated heterocycles. The quantitative estimate of drug-likeness (QED) is 0.348. The molecule has 0 aromatic rings. The Morgan fingerprint density at radius 1 is 0.792 bits per heavy atom. The highest BCUT2D eigenvalue weighted by molar-refractivity contribution is 6.44. The molecule has 0 spiro atoms. The molecule has 146 valence electrons. The average molecular weight is 379 g/mol. The Bertz CT molecular complexity index is 241. The molecule has 0 heterocycles. The minimum atomic E-state index is -1.29. The van der Waals surface area contributed by atoms with Gasteiger partial charge in [-0.2, -0.15) is 0 Å². The van der Waals surface area contributed by atoms with E-state index < -0.39 is 18.6 Å². The summed E-state index contributed by atoms with van der Waals surface area (Å²) in [6, 6.07) is 2.37. The van der Waals surface area contributed by atoms with Crippen molar-refractivity contribution in [2.45, 2.75) is 84.2 Å². The van der Waals surface area contributed by atoms with E-state index in [-0.39, 0.29) is 0 Å². The van der Waals surface area contributed by atoms with Crippen LogP contribution in [-0.2, 0) is 17.7 Å². The first kappa shape index (κ1) is 24.3. The fourth-order valence-corrected chi connectivity index (χ4v) is 6.35. The van der Waals surface area contributed by atoms with Gasteiger partial charge in [0, 0.05) is 27.4 Å². The maximum atomic E-state index is 5.66. The van der Waals surface area contributed by atoms with E-state index in [1.54, 1.807) is 14.2 Å². The van der Waals surface area contributed by atoms with Gasteiger partial charge in [0.15, 0.2) is 0 Å². The molecule has 1 fully saturated rings. The standard InChI is InChI=1S/C11H24O2Si.C7H18O2Si/c1-3-12-14(13-4-2)10-9-11-7-5-6-8-11;1-4-5-6-7-10(8-2)9-3/h11,14H,3-10H2,1-2H3;10H,4-7H2,1-3H3. The molecule has 1 saturated carbocycles. The summed E-state index contributed by atoms with van der Waals surface area (Å²) in [6.45, 7) is 7.97. The highest BCUT2D eigenvalue weighted by atomic mass is 28.3. The SMILES string of the molecule is CCCCC[SiH](OC)OC.CCO[SiH](CCC1CCCC1)OCC. The van der Waals surface area contributed by atoms with Crippen molar-refractivity contribution in [1.82, 2.24) is 0 Å². The van der Waals surface area contributed by atoms with Crippen LogP contribution >= 0.6 is 0 Å². The second-order valence-corrected chi connectivity index (χ2v) is 10.9. The van der Waals surface area contributed by atoms with E-state index >= 15 is 0 Å². The van der Waals surface area contributed by atoms with E-state index in [0.717, 1.165) is 25.2 Å². The minimum Gasteiger partial charge on any atom is -0.400 e. The molecule has 0 aromatic carbocycles. The topological polar surface area (TPSA) is 36.9 Å². The predicted octanol–water partition coefficient (Wildman–Crippen LogP) is 4.55. The fourth-order valence-electron chi connectivity index (χ4n) is 3.15. The average Bonchev–Trinajstić information content (AvgIpc) is 3.11. The summed E-state index contributed by atoms with van der Waals surface area (Å²) in [5.74, 6) is 0.978. The molecule has 0 amide bonds. The van der Waals surface area contributed by atoms with Gasteiger partial charge in [-0.05, 0) is 38.3 Å². The minimum absolute atomic E-state index is 0.821. The summed E-state index contributed by atoms with van der Waals surface area (Å²) in [5.41, 5.74) is 0. The molecule has 1 aliphatic carbocycles. The molecule has 0 aromatic heterocycles. The van der Waals surface area contributed by atoms with E-state index in [9.17, 15) is 0 Å². The zero-order valence-corrected chi connectivity index (χ0v) is 19.2. The monoisotopic (exact) mass is 378 g/mol. The van der Waals surface area contributed by atoms with Crippen LogP contribution < -0.4 is 0 Å². The second kappa shape index (κ2) is 18.1. The molecule has 6 heteroatoms. The Hall–Kier alpha value is 0.274. The van der Waals surface area contributed by atoms with Crippen LogP contribution in [-0.4, -0.2) is 46.0 Å². The van der Waals surface area contributed by atoms with Crippen molar-refractivity contribution >= 4 is 18.6 Å². The Labute approximate surface area is 154 Å². The summed E-state index contributed by atoms with van der Waals surface area (Å²) in [5, 5.41) is 0. The molecule has 0 N–H and O–H groups in total. The van der Waals surface area contributed by atoms with Gasteiger partial charge in [0.1, 0.15) is 0 Å². The maximum Gasteiger partial charge on any atom is 0.321 e. The third-order valence-electron chi connectivity index (χ3n) is 4.56. The lowest BCUT2D eigenvalue weighted by Gasteiger charge is -2.16. The summed E-state index contributed by atoms with van der Waals surface area (Å²) in [6.07, 6.45) is 11.0. The van der Waals surface area contributed by atoms with E-state index in [2.05, 4.69) is 20.8 Å². The van der Waals surface area contributed by atoms with Crippen molar-refractivity contribution < 1.29 is 17.7 Å². The van der Waals surface area contributed by atoms with Gasteiger partial charge in [-0.3, -0.25) is 0 Å². The van der Waals surface area contributed by atoms with Gasteiger partial charge in [-0.1, -0.05) is 51.9 Å². The smallest absolute Gasteiger partial charge is 0.321 e. The first-order valence-corrected chi connectivity index (χ1v) is 13.5. The van der Waals surface area contributed by atoms with Crippen LogP contribution in [0.5, 0.6) is 0 Å². The fraction of sp³-hybridized carbons (Fsp3) is 1.00. The maximum absolute atomic E-state index is 5.66. The van der Waals surface area contributed by atoms with Crippen molar-refractivity contribution in [3.05, 3.63) is 0 Å². The molecule has 0 radical (unpaired) electrons. The summed E-state index contributed by atoms with van der Waals surface area (Å²) < 4.78 is 21.6. The van der Waals surface area contributed by atoms with Gasteiger partial charge in [-0.15, -0.1) is 0 Å². The molecule has 1 aliphatic rings. The highest BCUT2D eigenvalue weighted by Gasteiger charge is 2.19. The molecule has 24 heavy (non-hydrogen) atoms. The van der Waals surface area contributed by atoms with Crippen LogP contribution in [0.15, 0.2) is 0 Å². The van der Waals surface area contributed by atoms with Crippen LogP contribution in [0.4, 0.5) is 0 Å². The Morgan fingerprint density at radius 3 is 1.83 bits per heavy atom. The largest absolute Gasteiger partial charge is 0.400 e. The van der Waals surface area contributed by atoms with Gasteiger partial charge in [0.2, 0.25) is 0 Å². The molecular formula is C18H42O4Si2. The van der Waals surface area contributed by atoms with E-state index in [1.165, 1.54) is 57.4 Å². The van der Waals surface area contributed by atoms with Crippen LogP contribution in [0.2, 0.25) is 12.1 Å². The number of rotatable bonds is 13. The van der Waals surface area contributed by atoms with Gasteiger partial charge >= 0.3 is 18.6 Å². The molecular weight excluding hydrogens is 336 g/mol. The van der Waals surface area contributed by atoms with Crippen LogP contribution in [0, 0.1) is 5.92 Å². The molecule has 0 aliphatic heterocycles. The molecule has 1 rings (SSSR count). The first-order valence-electron chi connectivity index (χ1n) is 10.00. The van der Waals surface area contributed by atoms with Gasteiger partial charge < -0.3 is 17.7 Å². The van der Waals surface area contributed by atoms with Crippen molar-refractivity contribution in [2.24, 2.45) is 5.92 Å². The summed E-state index contributed by atoms with van der Waals surface area (Å²) in [4.78, 5) is 0. The van der Waals surface area contributed by atoms with E-state index in [4.69, 9.17) is 17.7 Å². The Kier molecular flexibility index (Phi) is 18.3. The first-order chi connectivity index (χ1) is 11.7. The van der Waals surface area contributed by atoms with Crippen LogP contribution in [0.3, 0.4) is 0 Å². The van der Waals surface area contributed by atoms with Gasteiger partial charge in [-0.25, -0.2) is 0 Å². The lowest BCUT2D eigenvalue weighted by molar-refractivity contribution is 0.211. The Morgan fingerprint density at radius 2 is 1.38 bits per heavy atom. The summed E-state index contributed by atoms with van der Waals surface area (Å²) >= 11 is 0. The normalized spacial score (nSPS) is 15.1. The van der Waals surface area contributed by atoms with Crippen molar-refractivity contribution in [3.8, 4) is 0 Å². The third-order valence-corrected chi connectivity index (χ3v) is 8.71. The van der Waals surface area contributed by atoms with Crippen LogP contribution in [0.1, 0.15) is 72.1 Å². The highest BCUT2D eigenvalue weighted by Crippen LogP contribution is 2.29. The van der Waals surface area contributed by atoms with Crippen molar-refractivity contribution in [2.75, 3.05) is 27.4 Å².